The minimum Gasteiger partial charge on any atom is -0.392 e. The zero-order valence-electron chi connectivity index (χ0n) is 11.2. The third kappa shape index (κ3) is 2.80. The van der Waals surface area contributed by atoms with Crippen LogP contribution in [0.3, 0.4) is 0 Å². The number of rotatable bonds is 3. The summed E-state index contributed by atoms with van der Waals surface area (Å²) in [5, 5.41) is 3.51. The number of hydrogen-bond acceptors (Lipinski definition) is 3. The van der Waals surface area contributed by atoms with Crippen LogP contribution in [0, 0.1) is 12.3 Å². The van der Waals surface area contributed by atoms with Gasteiger partial charge in [-0.15, -0.1) is 0 Å². The maximum Gasteiger partial charge on any atom is 0.237 e. The van der Waals surface area contributed by atoms with E-state index in [1.807, 2.05) is 13.0 Å². The fraction of sp³-hybridized carbons (Fsp3) is 0.429. The lowest BCUT2D eigenvalue weighted by Crippen LogP contribution is -2.49. The van der Waals surface area contributed by atoms with Crippen LogP contribution in [0.2, 0.25) is 5.02 Å². The number of nitrogens with one attached hydrogen (secondary N) is 1. The maximum atomic E-state index is 12.6. The summed E-state index contributed by atoms with van der Waals surface area (Å²) in [6, 6.07) is 5.39. The molecule has 0 bridgehead atoms. The Morgan fingerprint density at radius 3 is 2.70 bits per heavy atom. The Kier molecular flexibility index (Phi) is 4.62. The van der Waals surface area contributed by atoms with Crippen LogP contribution >= 0.6 is 23.8 Å². The van der Waals surface area contributed by atoms with Crippen molar-refractivity contribution in [3.63, 3.8) is 0 Å². The number of thiocarbonyl (C=S) groups is 1. The van der Waals surface area contributed by atoms with Crippen molar-refractivity contribution in [3.05, 3.63) is 28.8 Å². The van der Waals surface area contributed by atoms with E-state index in [1.54, 1.807) is 12.1 Å². The van der Waals surface area contributed by atoms with Crippen molar-refractivity contribution in [1.82, 2.24) is 0 Å². The Balaban J connectivity index is 2.25. The van der Waals surface area contributed by atoms with Gasteiger partial charge in [-0.05, 0) is 37.5 Å². The fourth-order valence-electron chi connectivity index (χ4n) is 2.29. The maximum absolute atomic E-state index is 12.6. The van der Waals surface area contributed by atoms with Gasteiger partial charge in [0.15, 0.2) is 0 Å². The standard InChI is InChI=1S/C14H17ClN2O2S/c1-9-10(15)3-2-4-11(9)17-13(18)14(12(16)20)5-7-19-8-6-14/h2-4H,5-8H2,1H3,(H2,16,20)(H,17,18). The molecular weight excluding hydrogens is 296 g/mol. The summed E-state index contributed by atoms with van der Waals surface area (Å²) in [7, 11) is 0. The van der Waals surface area contributed by atoms with Crippen LogP contribution in [0.15, 0.2) is 18.2 Å². The first-order chi connectivity index (χ1) is 9.47. The average molecular weight is 313 g/mol. The Hall–Kier alpha value is -1.17. The second-order valence-electron chi connectivity index (χ2n) is 4.93. The number of benzene rings is 1. The van der Waals surface area contributed by atoms with Crippen LogP contribution in [-0.2, 0) is 9.53 Å². The minimum absolute atomic E-state index is 0.182. The van der Waals surface area contributed by atoms with Crippen LogP contribution < -0.4 is 11.1 Å². The lowest BCUT2D eigenvalue weighted by atomic mass is 9.79. The molecule has 0 aromatic heterocycles. The number of amides is 1. The lowest BCUT2D eigenvalue weighted by molar-refractivity contribution is -0.126. The summed E-state index contributed by atoms with van der Waals surface area (Å²) >= 11 is 11.2. The number of anilines is 1. The van der Waals surface area contributed by atoms with Crippen molar-refractivity contribution in [2.45, 2.75) is 19.8 Å². The summed E-state index contributed by atoms with van der Waals surface area (Å²) in [5.74, 6) is -0.182. The van der Waals surface area contributed by atoms with E-state index >= 15 is 0 Å². The molecule has 1 aliphatic rings. The largest absolute Gasteiger partial charge is 0.392 e. The summed E-state index contributed by atoms with van der Waals surface area (Å²) in [6.45, 7) is 2.83. The van der Waals surface area contributed by atoms with Crippen LogP contribution in [0.4, 0.5) is 5.69 Å². The Morgan fingerprint density at radius 2 is 2.10 bits per heavy atom. The van der Waals surface area contributed by atoms with Gasteiger partial charge in [-0.2, -0.15) is 0 Å². The van der Waals surface area contributed by atoms with Gasteiger partial charge >= 0.3 is 0 Å². The molecule has 0 atom stereocenters. The van der Waals surface area contributed by atoms with E-state index in [9.17, 15) is 4.79 Å². The predicted molar refractivity (Wildman–Crippen MR) is 84.1 cm³/mol. The molecule has 20 heavy (non-hydrogen) atoms. The van der Waals surface area contributed by atoms with Gasteiger partial charge in [0.2, 0.25) is 5.91 Å². The molecule has 108 valence electrons. The van der Waals surface area contributed by atoms with Gasteiger partial charge in [-0.25, -0.2) is 0 Å². The molecule has 0 spiro atoms. The molecule has 2 rings (SSSR count). The molecule has 4 nitrogen and oxygen atoms in total. The molecule has 1 aromatic rings. The Morgan fingerprint density at radius 1 is 1.45 bits per heavy atom. The van der Waals surface area contributed by atoms with Gasteiger partial charge < -0.3 is 15.8 Å². The minimum atomic E-state index is -0.831. The van der Waals surface area contributed by atoms with E-state index in [0.717, 1.165) is 5.56 Å². The molecule has 1 heterocycles. The molecule has 1 saturated heterocycles. The molecule has 0 saturated carbocycles. The fourth-order valence-corrected chi connectivity index (χ4v) is 2.76. The third-order valence-corrected chi connectivity index (χ3v) is 4.57. The van der Waals surface area contributed by atoms with Crippen LogP contribution in [0.5, 0.6) is 0 Å². The van der Waals surface area contributed by atoms with Crippen molar-refractivity contribution in [2.24, 2.45) is 11.1 Å². The highest BCUT2D eigenvalue weighted by Crippen LogP contribution is 2.33. The van der Waals surface area contributed by atoms with E-state index in [2.05, 4.69) is 5.32 Å². The molecule has 1 amide bonds. The second-order valence-corrected chi connectivity index (χ2v) is 5.77. The highest BCUT2D eigenvalue weighted by Gasteiger charge is 2.43. The smallest absolute Gasteiger partial charge is 0.237 e. The van der Waals surface area contributed by atoms with Crippen molar-refractivity contribution in [3.8, 4) is 0 Å². The van der Waals surface area contributed by atoms with Gasteiger partial charge in [0.05, 0.1) is 4.99 Å². The second kappa shape index (κ2) is 6.08. The molecule has 1 aromatic carbocycles. The lowest BCUT2D eigenvalue weighted by Gasteiger charge is -2.34. The number of carbonyl (C=O) groups is 1. The monoisotopic (exact) mass is 312 g/mol. The molecular formula is C14H17ClN2O2S. The molecule has 1 aliphatic heterocycles. The molecule has 0 unspecified atom stereocenters. The molecule has 0 aliphatic carbocycles. The van der Waals surface area contributed by atoms with Gasteiger partial charge in [-0.3, -0.25) is 4.79 Å². The van der Waals surface area contributed by atoms with Gasteiger partial charge in [0, 0.05) is 23.9 Å². The number of ether oxygens (including phenoxy) is 1. The number of carbonyl (C=O) groups excluding carboxylic acids is 1. The van der Waals surface area contributed by atoms with E-state index in [1.165, 1.54) is 0 Å². The average Bonchev–Trinajstić information content (AvgIpc) is 2.44. The Bertz CT molecular complexity index is 542. The number of halogens is 1. The van der Waals surface area contributed by atoms with E-state index in [-0.39, 0.29) is 10.9 Å². The van der Waals surface area contributed by atoms with Gasteiger partial charge in [-0.1, -0.05) is 29.9 Å². The summed E-state index contributed by atoms with van der Waals surface area (Å²) in [5.41, 5.74) is 6.49. The summed E-state index contributed by atoms with van der Waals surface area (Å²) in [4.78, 5) is 12.8. The topological polar surface area (TPSA) is 64.4 Å². The van der Waals surface area contributed by atoms with Crippen molar-refractivity contribution >= 4 is 40.4 Å². The number of hydrogen-bond donors (Lipinski definition) is 2. The van der Waals surface area contributed by atoms with E-state index in [0.29, 0.717) is 36.8 Å². The molecule has 6 heteroatoms. The van der Waals surface area contributed by atoms with Gasteiger partial charge in [0.25, 0.3) is 0 Å². The van der Waals surface area contributed by atoms with Crippen LogP contribution in [0.1, 0.15) is 18.4 Å². The third-order valence-electron chi connectivity index (χ3n) is 3.77. The first kappa shape index (κ1) is 15.2. The first-order valence-corrected chi connectivity index (χ1v) is 7.20. The normalized spacial score (nSPS) is 17.5. The summed E-state index contributed by atoms with van der Waals surface area (Å²) < 4.78 is 5.30. The molecule has 0 radical (unpaired) electrons. The first-order valence-electron chi connectivity index (χ1n) is 6.41. The van der Waals surface area contributed by atoms with Crippen molar-refractivity contribution < 1.29 is 9.53 Å². The number of nitrogens with two attached hydrogens (primary N) is 1. The van der Waals surface area contributed by atoms with Crippen LogP contribution in [0.25, 0.3) is 0 Å². The van der Waals surface area contributed by atoms with Crippen LogP contribution in [-0.4, -0.2) is 24.1 Å². The summed E-state index contributed by atoms with van der Waals surface area (Å²) in [6.07, 6.45) is 1.02. The SMILES string of the molecule is Cc1c(Cl)cccc1NC(=O)C1(C(N)=S)CCOCC1. The van der Waals surface area contributed by atoms with E-state index < -0.39 is 5.41 Å². The quantitative estimate of drug-likeness (QED) is 0.842. The highest BCUT2D eigenvalue weighted by molar-refractivity contribution is 7.80. The predicted octanol–water partition coefficient (Wildman–Crippen LogP) is 2.67. The molecule has 1 fully saturated rings. The van der Waals surface area contributed by atoms with Gasteiger partial charge in [0.1, 0.15) is 5.41 Å². The Labute approximate surface area is 128 Å². The zero-order chi connectivity index (χ0) is 14.8. The van der Waals surface area contributed by atoms with E-state index in [4.69, 9.17) is 34.3 Å². The van der Waals surface area contributed by atoms with Crippen molar-refractivity contribution in [2.75, 3.05) is 18.5 Å². The highest BCUT2D eigenvalue weighted by atomic mass is 35.5. The molecule has 3 N–H and O–H groups in total. The zero-order valence-corrected chi connectivity index (χ0v) is 12.8. The van der Waals surface area contributed by atoms with Crippen molar-refractivity contribution in [1.29, 1.82) is 0 Å².